The average Bonchev–Trinajstić information content (AvgIpc) is 3.42. The Morgan fingerprint density at radius 3 is 2.45 bits per heavy atom. The molecule has 8 heteroatoms. The minimum absolute atomic E-state index is 0.433. The van der Waals surface area contributed by atoms with Crippen LogP contribution in [0.2, 0.25) is 0 Å². The van der Waals surface area contributed by atoms with E-state index in [2.05, 4.69) is 26.2 Å². The van der Waals surface area contributed by atoms with Gasteiger partial charge >= 0.3 is 0 Å². The highest BCUT2D eigenvalue weighted by Gasteiger charge is 2.21. The van der Waals surface area contributed by atoms with Crippen LogP contribution in [-0.4, -0.2) is 24.7 Å². The summed E-state index contributed by atoms with van der Waals surface area (Å²) in [5.41, 5.74) is 4.54. The smallest absolute Gasteiger partial charge is 0.228 e. The van der Waals surface area contributed by atoms with Crippen molar-refractivity contribution < 1.29 is 4.52 Å². The topological polar surface area (TPSA) is 96.3 Å². The van der Waals surface area contributed by atoms with Gasteiger partial charge in [0, 0.05) is 18.5 Å². The molecule has 0 fully saturated rings. The number of nitrogens with one attached hydrogen (secondary N) is 1. The lowest BCUT2D eigenvalue weighted by Gasteiger charge is -2.10. The predicted octanol–water partition coefficient (Wildman–Crippen LogP) is 4.93. The van der Waals surface area contributed by atoms with Crippen molar-refractivity contribution in [1.29, 1.82) is 5.26 Å². The molecule has 5 rings (SSSR count). The van der Waals surface area contributed by atoms with Crippen molar-refractivity contribution >= 4 is 23.3 Å². The van der Waals surface area contributed by atoms with E-state index < -0.39 is 0 Å². The van der Waals surface area contributed by atoms with Gasteiger partial charge in [-0.25, -0.2) is 4.98 Å². The SMILES string of the molecule is N#Cc1c(-c2ccccc2)n(CCc2nc(-c3ccccc3)no2)c2c(=S)nc[nH]c12. The number of fused-ring (bicyclic) bond motifs is 1. The molecule has 3 heterocycles. The summed E-state index contributed by atoms with van der Waals surface area (Å²) >= 11 is 5.50. The Hall–Kier alpha value is -4.09. The standard InChI is InChI=1S/C23H16N6OS/c24-13-17-19-21(23(31)26-14-25-19)29(20(17)15-7-3-1-4-8-15)12-11-18-27-22(28-30-18)16-9-5-2-6-10-16/h1-10,14H,11-12H2,(H,25,26,31). The van der Waals surface area contributed by atoms with Crippen molar-refractivity contribution in [2.24, 2.45) is 0 Å². The molecule has 0 saturated heterocycles. The molecule has 0 radical (unpaired) electrons. The second-order valence-corrected chi connectivity index (χ2v) is 7.30. The Morgan fingerprint density at radius 2 is 1.74 bits per heavy atom. The molecule has 0 amide bonds. The fourth-order valence-electron chi connectivity index (χ4n) is 3.70. The van der Waals surface area contributed by atoms with Crippen molar-refractivity contribution in [2.45, 2.75) is 13.0 Å². The van der Waals surface area contributed by atoms with E-state index in [-0.39, 0.29) is 0 Å². The minimum atomic E-state index is 0.433. The highest BCUT2D eigenvalue weighted by atomic mass is 32.1. The van der Waals surface area contributed by atoms with E-state index in [4.69, 9.17) is 16.7 Å². The van der Waals surface area contributed by atoms with Crippen LogP contribution in [0.4, 0.5) is 0 Å². The number of H-pyrrole nitrogens is 1. The number of benzene rings is 2. The molecule has 5 aromatic rings. The highest BCUT2D eigenvalue weighted by Crippen LogP contribution is 2.32. The molecule has 3 aromatic heterocycles. The molecule has 0 aliphatic heterocycles. The summed E-state index contributed by atoms with van der Waals surface area (Å²) in [5, 5.41) is 14.0. The zero-order chi connectivity index (χ0) is 21.2. The summed E-state index contributed by atoms with van der Waals surface area (Å²) < 4.78 is 7.92. The third kappa shape index (κ3) is 3.41. The molecule has 0 atom stereocenters. The van der Waals surface area contributed by atoms with Crippen LogP contribution >= 0.6 is 12.2 Å². The highest BCUT2D eigenvalue weighted by molar-refractivity contribution is 7.71. The third-order valence-corrected chi connectivity index (χ3v) is 5.36. The number of rotatable bonds is 5. The van der Waals surface area contributed by atoms with E-state index in [0.29, 0.717) is 40.4 Å². The summed E-state index contributed by atoms with van der Waals surface area (Å²) in [6, 6.07) is 21.8. The molecule has 7 nitrogen and oxygen atoms in total. The van der Waals surface area contributed by atoms with Crippen LogP contribution < -0.4 is 0 Å². The van der Waals surface area contributed by atoms with Crippen LogP contribution in [0.1, 0.15) is 11.5 Å². The van der Waals surface area contributed by atoms with E-state index in [0.717, 1.165) is 22.3 Å². The molecule has 2 aromatic carbocycles. The molecule has 0 saturated carbocycles. The number of hydrogen-bond acceptors (Lipinski definition) is 6. The van der Waals surface area contributed by atoms with Gasteiger partial charge in [-0.1, -0.05) is 78.0 Å². The molecular weight excluding hydrogens is 408 g/mol. The van der Waals surface area contributed by atoms with Gasteiger partial charge in [0.1, 0.15) is 17.1 Å². The van der Waals surface area contributed by atoms with Gasteiger partial charge in [-0.05, 0) is 5.56 Å². The monoisotopic (exact) mass is 424 g/mol. The van der Waals surface area contributed by atoms with E-state index in [1.165, 1.54) is 6.33 Å². The number of nitriles is 1. The normalized spacial score (nSPS) is 10.9. The maximum Gasteiger partial charge on any atom is 0.228 e. The molecule has 0 aliphatic carbocycles. The number of nitrogens with zero attached hydrogens (tertiary/aromatic N) is 5. The van der Waals surface area contributed by atoms with Crippen LogP contribution in [-0.2, 0) is 13.0 Å². The van der Waals surface area contributed by atoms with Crippen molar-refractivity contribution in [1.82, 2.24) is 24.7 Å². The van der Waals surface area contributed by atoms with Crippen molar-refractivity contribution in [3.05, 3.63) is 83.1 Å². The molecule has 150 valence electrons. The summed E-state index contributed by atoms with van der Waals surface area (Å²) in [7, 11) is 0. The lowest BCUT2D eigenvalue weighted by molar-refractivity contribution is 0.373. The number of hydrogen-bond donors (Lipinski definition) is 1. The van der Waals surface area contributed by atoms with Gasteiger partial charge in [0.2, 0.25) is 11.7 Å². The van der Waals surface area contributed by atoms with Gasteiger partial charge < -0.3 is 14.1 Å². The van der Waals surface area contributed by atoms with Crippen LogP contribution in [0.3, 0.4) is 0 Å². The van der Waals surface area contributed by atoms with E-state index >= 15 is 0 Å². The molecule has 0 unspecified atom stereocenters. The number of aryl methyl sites for hydroxylation is 2. The fraction of sp³-hybridized carbons (Fsp3) is 0.0870. The van der Waals surface area contributed by atoms with E-state index in [9.17, 15) is 5.26 Å². The van der Waals surface area contributed by atoms with Gasteiger partial charge in [0.05, 0.1) is 17.5 Å². The minimum Gasteiger partial charge on any atom is -0.343 e. The largest absolute Gasteiger partial charge is 0.343 e. The van der Waals surface area contributed by atoms with Crippen LogP contribution in [0, 0.1) is 16.0 Å². The summed E-state index contributed by atoms with van der Waals surface area (Å²) in [6.07, 6.45) is 2.01. The summed E-state index contributed by atoms with van der Waals surface area (Å²) in [4.78, 5) is 11.8. The first-order chi connectivity index (χ1) is 15.3. The second-order valence-electron chi connectivity index (χ2n) is 6.91. The summed E-state index contributed by atoms with van der Waals surface area (Å²) in [6.45, 7) is 0.502. The Morgan fingerprint density at radius 1 is 1.03 bits per heavy atom. The molecule has 0 spiro atoms. The molecule has 0 aliphatic rings. The van der Waals surface area contributed by atoms with Crippen LogP contribution in [0.25, 0.3) is 33.7 Å². The summed E-state index contributed by atoms with van der Waals surface area (Å²) in [5.74, 6) is 1.06. The first kappa shape index (κ1) is 18.9. The zero-order valence-corrected chi connectivity index (χ0v) is 17.1. The average molecular weight is 424 g/mol. The van der Waals surface area contributed by atoms with Crippen molar-refractivity contribution in [3.63, 3.8) is 0 Å². The number of aromatic amines is 1. The molecular formula is C23H16N6OS. The predicted molar refractivity (Wildman–Crippen MR) is 119 cm³/mol. The van der Waals surface area contributed by atoms with Gasteiger partial charge in [-0.3, -0.25) is 0 Å². The second kappa shape index (κ2) is 7.97. The zero-order valence-electron chi connectivity index (χ0n) is 16.3. The Bertz CT molecular complexity index is 1460. The first-order valence-corrected chi connectivity index (χ1v) is 10.1. The molecule has 0 bridgehead atoms. The van der Waals surface area contributed by atoms with Crippen LogP contribution in [0.15, 0.2) is 71.5 Å². The van der Waals surface area contributed by atoms with Crippen LogP contribution in [0.5, 0.6) is 0 Å². The van der Waals surface area contributed by atoms with E-state index in [1.807, 2.05) is 65.2 Å². The van der Waals surface area contributed by atoms with E-state index in [1.54, 1.807) is 0 Å². The third-order valence-electron chi connectivity index (χ3n) is 5.07. The quantitative estimate of drug-likeness (QED) is 0.402. The van der Waals surface area contributed by atoms with Crippen molar-refractivity contribution in [3.8, 4) is 28.7 Å². The first-order valence-electron chi connectivity index (χ1n) is 9.69. The Balaban J connectivity index is 1.58. The Kier molecular flexibility index (Phi) is 4.86. The number of aromatic nitrogens is 5. The van der Waals surface area contributed by atoms with Gasteiger partial charge in [0.25, 0.3) is 0 Å². The lowest BCUT2D eigenvalue weighted by atomic mass is 10.1. The van der Waals surface area contributed by atoms with Gasteiger partial charge in [-0.15, -0.1) is 0 Å². The molecule has 31 heavy (non-hydrogen) atoms. The lowest BCUT2D eigenvalue weighted by Crippen LogP contribution is -2.05. The Labute approximate surface area is 182 Å². The van der Waals surface area contributed by atoms with Gasteiger partial charge in [0.15, 0.2) is 4.64 Å². The fourth-order valence-corrected chi connectivity index (χ4v) is 3.96. The maximum atomic E-state index is 9.92. The molecule has 1 N–H and O–H groups in total. The van der Waals surface area contributed by atoms with Gasteiger partial charge in [-0.2, -0.15) is 10.2 Å². The van der Waals surface area contributed by atoms with Crippen molar-refractivity contribution in [2.75, 3.05) is 0 Å². The maximum absolute atomic E-state index is 9.92.